The molecule has 0 saturated carbocycles. The number of halogens is 3. The number of likely N-dealkylation sites (N-methyl/N-ethyl adjacent to an activating group) is 1. The Labute approximate surface area is 747 Å². The molecule has 0 spiro atoms. The Morgan fingerprint density at radius 3 is 1.83 bits per heavy atom. The van der Waals surface area contributed by atoms with Gasteiger partial charge >= 0.3 is 5.97 Å². The van der Waals surface area contributed by atoms with E-state index in [0.29, 0.717) is 25.3 Å². The van der Waals surface area contributed by atoms with Gasteiger partial charge in [0.1, 0.15) is 131 Å². The molecule has 128 heavy (non-hydrogen) atoms. The number of phenols is 4. The molecule has 7 aromatic rings. The number of fused-ring (bicyclic) bond motifs is 14. The van der Waals surface area contributed by atoms with Crippen molar-refractivity contribution in [1.29, 1.82) is 0 Å². The van der Waals surface area contributed by atoms with E-state index in [1.807, 2.05) is 0 Å². The van der Waals surface area contributed by atoms with Crippen molar-refractivity contribution in [3.05, 3.63) is 164 Å². The maximum Gasteiger partial charge on any atom is 0.335 e. The van der Waals surface area contributed by atoms with E-state index in [2.05, 4.69) is 61.7 Å². The monoisotopic (exact) mass is 1840 g/mol. The van der Waals surface area contributed by atoms with Crippen molar-refractivity contribution in [2.24, 2.45) is 5.92 Å². The summed E-state index contributed by atoms with van der Waals surface area (Å²) in [7, 11) is 4.94. The third-order valence-electron chi connectivity index (χ3n) is 22.5. The molecule has 41 heteroatoms. The summed E-state index contributed by atoms with van der Waals surface area (Å²) in [5.41, 5.74) is -3.05. The van der Waals surface area contributed by atoms with Gasteiger partial charge in [0.05, 0.1) is 16.7 Å². The molecule has 2 saturated heterocycles. The summed E-state index contributed by atoms with van der Waals surface area (Å²) in [6.45, 7) is 3.61. The molecule has 21 N–H and O–H groups in total. The maximum absolute atomic E-state index is 16.8. The Morgan fingerprint density at radius 2 is 1.15 bits per heavy atom. The summed E-state index contributed by atoms with van der Waals surface area (Å²) >= 11 is 14.3. The summed E-state index contributed by atoms with van der Waals surface area (Å²) < 4.78 is 44.4. The smallest absolute Gasteiger partial charge is 0.335 e. The molecule has 0 radical (unpaired) electrons. The number of benzene rings is 7. The number of carboxylic acids is 1. The van der Waals surface area contributed by atoms with Crippen LogP contribution in [0.25, 0.3) is 11.1 Å². The molecule has 7 aromatic carbocycles. The van der Waals surface area contributed by atoms with Crippen LogP contribution in [0.2, 0.25) is 10.0 Å². The number of carboxylic acid groups (broad SMARTS) is 1. The predicted octanol–water partition coefficient (Wildman–Crippen LogP) is 4.72. The molecule has 8 aliphatic rings. The first-order valence-corrected chi connectivity index (χ1v) is 41.8. The molecule has 17 bridgehead atoms. The largest absolute Gasteiger partial charge is 0.508 e. The number of unbranched alkanes of at least 4 members (excludes halogenated alkanes) is 5. The van der Waals surface area contributed by atoms with Crippen molar-refractivity contribution in [3.8, 4) is 80.1 Å². The number of nitrogens with zero attached hydrogens (tertiary/aromatic N) is 1. The van der Waals surface area contributed by atoms with Crippen molar-refractivity contribution in [3.63, 3.8) is 0 Å². The Kier molecular flexibility index (Phi) is 30.8. The van der Waals surface area contributed by atoms with Gasteiger partial charge in [-0.05, 0) is 153 Å². The highest BCUT2D eigenvalue weighted by atomic mass is 35.5. The number of hydrogen-bond donors (Lipinski definition) is 21. The number of carbonyl (C=O) groups excluding carboxylic acids is 8. The highest BCUT2D eigenvalue weighted by molar-refractivity contribution is 6.33. The van der Waals surface area contributed by atoms with E-state index in [-0.39, 0.29) is 65.7 Å². The zero-order valence-corrected chi connectivity index (χ0v) is 71.8. The molecule has 0 aromatic heterocycles. The molecule has 18 unspecified atom stereocenters. The van der Waals surface area contributed by atoms with E-state index in [4.69, 9.17) is 56.4 Å². The normalized spacial score (nSPS) is 25.7. The Balaban J connectivity index is 0.0000149. The van der Waals surface area contributed by atoms with Crippen molar-refractivity contribution in [2.75, 3.05) is 40.8 Å². The second-order valence-corrected chi connectivity index (χ2v) is 33.1. The van der Waals surface area contributed by atoms with Gasteiger partial charge in [-0.15, -0.1) is 12.4 Å². The van der Waals surface area contributed by atoms with Crippen LogP contribution in [0.4, 0.5) is 0 Å². The molecular formula is C87H99Cl3N10O28. The fraction of sp³-hybridized carbons (Fsp3) is 0.414. The average Bonchev–Trinajstić information content (AvgIpc) is 0.774. The average molecular weight is 1840 g/mol. The maximum atomic E-state index is 16.8. The fourth-order valence-corrected chi connectivity index (χ4v) is 16.2. The third kappa shape index (κ3) is 21.2. The van der Waals surface area contributed by atoms with Crippen molar-refractivity contribution < 1.29 is 138 Å². The van der Waals surface area contributed by atoms with Gasteiger partial charge in [0, 0.05) is 41.8 Å². The molecule has 18 atom stereocenters. The first-order chi connectivity index (χ1) is 60.6. The third-order valence-corrected chi connectivity index (χ3v) is 23.2. The second-order valence-electron chi connectivity index (χ2n) is 32.3. The first-order valence-electron chi connectivity index (χ1n) is 41.0. The number of aromatic hydroxyl groups is 4. The lowest BCUT2D eigenvalue weighted by Gasteiger charge is -2.41. The minimum atomic E-state index is -2.45. The van der Waals surface area contributed by atoms with Gasteiger partial charge in [0.25, 0.3) is 0 Å². The highest BCUT2D eigenvalue weighted by Crippen LogP contribution is 2.51. The number of nitrogens with one attached hydrogen (secondary N) is 9. The summed E-state index contributed by atoms with van der Waals surface area (Å²) in [6, 6.07) is 4.87. The minimum Gasteiger partial charge on any atom is -0.508 e. The zero-order chi connectivity index (χ0) is 91.3. The van der Waals surface area contributed by atoms with Gasteiger partial charge in [-0.25, -0.2) is 4.79 Å². The van der Waals surface area contributed by atoms with Crippen LogP contribution >= 0.6 is 35.6 Å². The van der Waals surface area contributed by atoms with Gasteiger partial charge in [-0.3, -0.25) is 38.4 Å². The van der Waals surface area contributed by atoms with Crippen LogP contribution in [-0.2, 0) is 52.6 Å². The molecule has 8 amide bonds. The molecule has 8 heterocycles. The number of hydrogen-bond acceptors (Lipinski definition) is 29. The molecule has 686 valence electrons. The quantitative estimate of drug-likeness (QED) is 0.0408. The van der Waals surface area contributed by atoms with E-state index >= 15 is 28.8 Å². The fourth-order valence-electron chi connectivity index (χ4n) is 15.8. The van der Waals surface area contributed by atoms with Crippen LogP contribution in [0.1, 0.15) is 153 Å². The van der Waals surface area contributed by atoms with E-state index < -0.39 is 265 Å². The lowest BCUT2D eigenvalue weighted by Crippen LogP contribution is -2.66. The highest BCUT2D eigenvalue weighted by Gasteiger charge is 2.52. The molecule has 0 aliphatic carbocycles. The van der Waals surface area contributed by atoms with Crippen LogP contribution < -0.4 is 71.5 Å². The topological polar surface area (TPSA) is 573 Å². The number of aliphatic hydroxyl groups is 7. The van der Waals surface area contributed by atoms with E-state index in [1.54, 1.807) is 19.0 Å². The van der Waals surface area contributed by atoms with Crippen LogP contribution in [0, 0.1) is 5.92 Å². The van der Waals surface area contributed by atoms with Crippen LogP contribution in [0.3, 0.4) is 0 Å². The number of rotatable bonds is 22. The number of phenolic OH excluding ortho intramolecular Hbond substituents is 4. The number of aliphatic carboxylic acids is 1. The van der Waals surface area contributed by atoms with Gasteiger partial charge in [0.2, 0.25) is 65.6 Å². The summed E-state index contributed by atoms with van der Waals surface area (Å²) in [4.78, 5) is 140. The number of aliphatic hydroxyl groups excluding tert-OH is 7. The number of ether oxygens (including phenoxy) is 7. The standard InChI is InChI=1S/C87H98Cl2N10O28.ClH/c1-37(2)13-10-8-6-7-9-11-14-59(105)92-69-72(108)74(110)77(85(119)120)127-86(69)126-76-56-30-42-31-57(76)123-53-24-19-41(28-49(53)88)70(106)68-84(118)96-66(78(112)91-25-12-26-99(4)5)47-32-43(101)33-55(124-87-75(111)73(109)71(107)58(36-100)125-87)60(47)46-27-39(17-22-50(46)102)64(81(115)98-68)94-82(116)65(42)95-83(117)67-48-34-45(35-52(104)61(48)89)122-54-29-40(18-23-51(54)103)62(90-3)79(113)93-63(80(114)97-67)38-15-20-44(121-56)21-16-38;/h15-24,27-35,37,58,62-75,77,86-87,90,100-104,106-111H,6-14,25-26,36H2,1-5H3,(H,91,112)(H,92,105)(H,93,113)(H,94,116)(H,95,117)(H,96,118)(H,97,114)(H,98,115)(H,119,120);1H. The molecular weight excluding hydrogens is 1740 g/mol. The number of carbonyl (C=O) groups is 9. The summed E-state index contributed by atoms with van der Waals surface area (Å²) in [5.74, 6) is -17.8. The molecule has 38 nitrogen and oxygen atoms in total. The second kappa shape index (κ2) is 41.2. The Morgan fingerprint density at radius 1 is 0.539 bits per heavy atom. The van der Waals surface area contributed by atoms with Crippen LogP contribution in [0.15, 0.2) is 115 Å². The van der Waals surface area contributed by atoms with E-state index in [1.165, 1.54) is 49.5 Å². The minimum absolute atomic E-state index is 0. The summed E-state index contributed by atoms with van der Waals surface area (Å²) in [6.07, 6.45) is -15.5. The van der Waals surface area contributed by atoms with Crippen LogP contribution in [-0.4, -0.2) is 228 Å². The van der Waals surface area contributed by atoms with Crippen molar-refractivity contribution >= 4 is 88.8 Å². The zero-order valence-electron chi connectivity index (χ0n) is 69.4. The molecule has 2 fully saturated rings. The van der Waals surface area contributed by atoms with Crippen LogP contribution in [0.5, 0.6) is 69.0 Å². The lowest BCUT2D eigenvalue weighted by atomic mass is 9.89. The molecule has 8 aliphatic heterocycles. The Hall–Kier alpha value is -11.6. The van der Waals surface area contributed by atoms with Gasteiger partial charge in [-0.2, -0.15) is 0 Å². The van der Waals surface area contributed by atoms with E-state index in [0.717, 1.165) is 105 Å². The SMILES string of the molecule is CNC1C(=O)NC2C(=O)NC(C(=O)NC3C(=O)NC4C(=O)NC(C(=O)NC(C(=O)NCCCN(C)C)c5cc(O)cc(OC6OC(CO)C(O)C(O)C6O)c5-c5cc4ccc5O)C(O)c4ccc(c(Cl)c4)Oc4cc3cc(c4OC3OC(C(=O)O)C(O)C(O)C3NC(=O)CCCCCCCCC(C)C)Oc3ccc2cc3)c2cc(cc(O)c2Cl)Oc2cc1ccc2O.Cl. The Bertz CT molecular complexity index is 5330. The van der Waals surface area contributed by atoms with Crippen molar-refractivity contribution in [2.45, 2.75) is 181 Å². The van der Waals surface area contributed by atoms with Gasteiger partial charge < -0.3 is 147 Å². The van der Waals surface area contributed by atoms with Gasteiger partial charge in [-0.1, -0.05) is 106 Å². The van der Waals surface area contributed by atoms with Gasteiger partial charge in [0.15, 0.2) is 29.1 Å². The first kappa shape index (κ1) is 95.5. The number of amides is 8. The molecule has 15 rings (SSSR count). The lowest BCUT2D eigenvalue weighted by molar-refractivity contribution is -0.277. The predicted molar refractivity (Wildman–Crippen MR) is 455 cm³/mol. The van der Waals surface area contributed by atoms with E-state index in [9.17, 15) is 75.7 Å². The summed E-state index contributed by atoms with van der Waals surface area (Å²) in [5, 5.41) is 161. The van der Waals surface area contributed by atoms with Crippen molar-refractivity contribution in [1.82, 2.24) is 52.8 Å².